The van der Waals surface area contributed by atoms with E-state index in [0.29, 0.717) is 6.54 Å². The van der Waals surface area contributed by atoms with Crippen LogP contribution in [0.15, 0.2) is 0 Å². The van der Waals surface area contributed by atoms with Gasteiger partial charge in [-0.15, -0.1) is 0 Å². The molecule has 1 saturated heterocycles. The lowest BCUT2D eigenvalue weighted by Gasteiger charge is -2.35. The fourth-order valence-corrected chi connectivity index (χ4v) is 4.29. The molecule has 1 aliphatic heterocycles. The van der Waals surface area contributed by atoms with E-state index < -0.39 is 9.84 Å². The van der Waals surface area contributed by atoms with Crippen LogP contribution in [0.25, 0.3) is 0 Å². The van der Waals surface area contributed by atoms with Gasteiger partial charge in [0.1, 0.15) is 0 Å². The Hall–Kier alpha value is -0.0900. The van der Waals surface area contributed by atoms with Crippen molar-refractivity contribution in [1.29, 1.82) is 0 Å². The predicted octanol–water partition coefficient (Wildman–Crippen LogP) is 1.34. The van der Waals surface area contributed by atoms with E-state index in [1.807, 2.05) is 6.92 Å². The van der Waals surface area contributed by atoms with Crippen molar-refractivity contribution in [1.82, 2.24) is 5.32 Å². The van der Waals surface area contributed by atoms with Gasteiger partial charge in [0.2, 0.25) is 0 Å². The molecule has 3 nitrogen and oxygen atoms in total. The summed E-state index contributed by atoms with van der Waals surface area (Å²) in [6.07, 6.45) is 2.73. The molecular formula is C10H21NO2S. The highest BCUT2D eigenvalue weighted by Gasteiger charge is 2.39. The lowest BCUT2D eigenvalue weighted by atomic mass is 10.1. The molecule has 0 aliphatic carbocycles. The van der Waals surface area contributed by atoms with Gasteiger partial charge in [0.25, 0.3) is 0 Å². The highest BCUT2D eigenvalue weighted by Crippen LogP contribution is 2.23. The van der Waals surface area contributed by atoms with Gasteiger partial charge in [-0.3, -0.25) is 0 Å². The summed E-state index contributed by atoms with van der Waals surface area (Å²) >= 11 is 0. The molecule has 1 heterocycles. The van der Waals surface area contributed by atoms with E-state index in [2.05, 4.69) is 12.2 Å². The molecule has 4 heteroatoms. The van der Waals surface area contributed by atoms with Gasteiger partial charge in [-0.25, -0.2) is 8.42 Å². The SMILES string of the molecule is CCCC1NCC(C)S(=O)(=O)C1CC. The zero-order chi connectivity index (χ0) is 10.8. The Labute approximate surface area is 87.2 Å². The number of sulfone groups is 1. The molecule has 0 bridgehead atoms. The molecule has 1 aliphatic rings. The summed E-state index contributed by atoms with van der Waals surface area (Å²) in [5, 5.41) is 2.95. The third-order valence-corrected chi connectivity index (χ3v) is 5.90. The summed E-state index contributed by atoms with van der Waals surface area (Å²) in [6.45, 7) is 6.47. The summed E-state index contributed by atoms with van der Waals surface area (Å²) in [4.78, 5) is 0. The first-order valence-corrected chi connectivity index (χ1v) is 7.11. The highest BCUT2D eigenvalue weighted by atomic mass is 32.2. The van der Waals surface area contributed by atoms with Gasteiger partial charge in [-0.2, -0.15) is 0 Å². The Morgan fingerprint density at radius 3 is 2.50 bits per heavy atom. The van der Waals surface area contributed by atoms with Crippen LogP contribution in [0.2, 0.25) is 0 Å². The van der Waals surface area contributed by atoms with E-state index >= 15 is 0 Å². The minimum atomic E-state index is -2.89. The van der Waals surface area contributed by atoms with Crippen molar-refractivity contribution in [2.45, 2.75) is 56.6 Å². The molecule has 0 aromatic rings. The van der Waals surface area contributed by atoms with Gasteiger partial charge in [-0.05, 0) is 19.8 Å². The van der Waals surface area contributed by atoms with Crippen molar-refractivity contribution in [2.75, 3.05) is 6.54 Å². The molecule has 0 spiro atoms. The van der Waals surface area contributed by atoms with Crippen LogP contribution >= 0.6 is 0 Å². The van der Waals surface area contributed by atoms with Crippen LogP contribution in [0.3, 0.4) is 0 Å². The normalized spacial score (nSPS) is 36.9. The van der Waals surface area contributed by atoms with E-state index in [9.17, 15) is 8.42 Å². The zero-order valence-corrected chi connectivity index (χ0v) is 10.1. The van der Waals surface area contributed by atoms with Gasteiger partial charge >= 0.3 is 0 Å². The van der Waals surface area contributed by atoms with Crippen LogP contribution in [0.4, 0.5) is 0 Å². The summed E-state index contributed by atoms with van der Waals surface area (Å²) in [5.74, 6) is 0. The minimum absolute atomic E-state index is 0.172. The molecular weight excluding hydrogens is 198 g/mol. The number of rotatable bonds is 3. The van der Waals surface area contributed by atoms with Gasteiger partial charge in [0.15, 0.2) is 9.84 Å². The van der Waals surface area contributed by atoms with Crippen LogP contribution in [-0.2, 0) is 9.84 Å². The summed E-state index contributed by atoms with van der Waals surface area (Å²) in [6, 6.07) is 0.172. The molecule has 1 fully saturated rings. The van der Waals surface area contributed by atoms with Crippen LogP contribution in [0, 0.1) is 0 Å². The van der Waals surface area contributed by atoms with E-state index in [-0.39, 0.29) is 16.5 Å². The topological polar surface area (TPSA) is 46.2 Å². The minimum Gasteiger partial charge on any atom is -0.311 e. The van der Waals surface area contributed by atoms with Crippen molar-refractivity contribution in [3.8, 4) is 0 Å². The van der Waals surface area contributed by atoms with Crippen molar-refractivity contribution >= 4 is 9.84 Å². The maximum Gasteiger partial charge on any atom is 0.158 e. The van der Waals surface area contributed by atoms with Gasteiger partial charge in [-0.1, -0.05) is 20.3 Å². The Morgan fingerprint density at radius 2 is 2.00 bits per heavy atom. The third-order valence-electron chi connectivity index (χ3n) is 3.10. The van der Waals surface area contributed by atoms with Crippen molar-refractivity contribution in [3.63, 3.8) is 0 Å². The molecule has 0 amide bonds. The van der Waals surface area contributed by atoms with Crippen molar-refractivity contribution in [2.24, 2.45) is 0 Å². The summed E-state index contributed by atoms with van der Waals surface area (Å²) in [5.41, 5.74) is 0. The molecule has 3 atom stereocenters. The first-order valence-electron chi connectivity index (χ1n) is 5.50. The van der Waals surface area contributed by atoms with Gasteiger partial charge in [0.05, 0.1) is 10.5 Å². The van der Waals surface area contributed by atoms with E-state index in [4.69, 9.17) is 0 Å². The van der Waals surface area contributed by atoms with Crippen LogP contribution in [0.5, 0.6) is 0 Å². The fourth-order valence-electron chi connectivity index (χ4n) is 2.21. The standard InChI is InChI=1S/C10H21NO2S/c1-4-6-9-10(5-2)14(12,13)8(3)7-11-9/h8-11H,4-7H2,1-3H3. The molecule has 1 N–H and O–H groups in total. The van der Waals surface area contributed by atoms with Gasteiger partial charge < -0.3 is 5.32 Å². The molecule has 3 unspecified atom stereocenters. The summed E-state index contributed by atoms with van der Waals surface area (Å²) < 4.78 is 24.0. The molecule has 0 aromatic carbocycles. The predicted molar refractivity (Wildman–Crippen MR) is 59.2 cm³/mol. The first kappa shape index (κ1) is 12.0. The highest BCUT2D eigenvalue weighted by molar-refractivity contribution is 7.92. The maximum atomic E-state index is 12.0. The average Bonchev–Trinajstić information content (AvgIpc) is 2.12. The first-order chi connectivity index (χ1) is 6.54. The number of hydrogen-bond donors (Lipinski definition) is 1. The van der Waals surface area contributed by atoms with E-state index in [1.165, 1.54) is 0 Å². The largest absolute Gasteiger partial charge is 0.311 e. The van der Waals surface area contributed by atoms with Crippen molar-refractivity contribution < 1.29 is 8.42 Å². The molecule has 0 radical (unpaired) electrons. The smallest absolute Gasteiger partial charge is 0.158 e. The van der Waals surface area contributed by atoms with Crippen LogP contribution < -0.4 is 5.32 Å². The third kappa shape index (κ3) is 2.11. The van der Waals surface area contributed by atoms with E-state index in [1.54, 1.807) is 6.92 Å². The monoisotopic (exact) mass is 219 g/mol. The van der Waals surface area contributed by atoms with Crippen LogP contribution in [0.1, 0.15) is 40.0 Å². The molecule has 14 heavy (non-hydrogen) atoms. The fraction of sp³-hybridized carbons (Fsp3) is 1.00. The quantitative estimate of drug-likeness (QED) is 0.779. The Bertz CT molecular complexity index is 274. The molecule has 0 aromatic heterocycles. The average molecular weight is 219 g/mol. The second-order valence-electron chi connectivity index (χ2n) is 4.15. The van der Waals surface area contributed by atoms with Crippen LogP contribution in [-0.4, -0.2) is 31.5 Å². The zero-order valence-electron chi connectivity index (χ0n) is 9.29. The number of hydrogen-bond acceptors (Lipinski definition) is 3. The Morgan fingerprint density at radius 1 is 1.36 bits per heavy atom. The lowest BCUT2D eigenvalue weighted by Crippen LogP contribution is -2.55. The number of nitrogens with one attached hydrogen (secondary N) is 1. The second-order valence-corrected chi connectivity index (χ2v) is 6.74. The molecule has 1 rings (SSSR count). The van der Waals surface area contributed by atoms with Crippen molar-refractivity contribution in [3.05, 3.63) is 0 Å². The Balaban J connectivity index is 2.84. The molecule has 0 saturated carbocycles. The van der Waals surface area contributed by atoms with Gasteiger partial charge in [0, 0.05) is 12.6 Å². The Kier molecular flexibility index (Phi) is 3.95. The van der Waals surface area contributed by atoms with E-state index in [0.717, 1.165) is 19.3 Å². The maximum absolute atomic E-state index is 12.0. The second kappa shape index (κ2) is 4.62. The summed E-state index contributed by atoms with van der Waals surface area (Å²) in [7, 11) is -2.89. The lowest BCUT2D eigenvalue weighted by molar-refractivity contribution is 0.408. The molecule has 84 valence electrons.